The molecule has 0 spiro atoms. The number of nitrogens with two attached hydrogens (primary N) is 1. The van der Waals surface area contributed by atoms with E-state index >= 15 is 0 Å². The Bertz CT molecular complexity index is 511. The smallest absolute Gasteiger partial charge is 0.236 e. The van der Waals surface area contributed by atoms with Crippen LogP contribution in [0.1, 0.15) is 24.8 Å². The van der Waals surface area contributed by atoms with Gasteiger partial charge in [-0.1, -0.05) is 12.1 Å². The number of nitrogen functional groups attached to an aromatic ring is 1. The summed E-state index contributed by atoms with van der Waals surface area (Å²) in [5.74, 6) is 0.569. The number of nitrogens with zero attached hydrogens (tertiary/aromatic N) is 1. The molecule has 0 aromatic heterocycles. The highest BCUT2D eigenvalue weighted by atomic mass is 32.2. The lowest BCUT2D eigenvalue weighted by molar-refractivity contribution is -0.125. The first-order valence-electron chi connectivity index (χ1n) is 6.52. The Morgan fingerprint density at radius 3 is 2.89 bits per heavy atom. The minimum absolute atomic E-state index is 0.137. The fraction of sp³-hybridized carbons (Fsp3) is 0.400. The van der Waals surface area contributed by atoms with Crippen molar-refractivity contribution in [3.05, 3.63) is 35.5 Å². The van der Waals surface area contributed by atoms with E-state index in [0.717, 1.165) is 41.1 Å². The zero-order chi connectivity index (χ0) is 13.8. The van der Waals surface area contributed by atoms with Crippen LogP contribution in [-0.4, -0.2) is 23.6 Å². The van der Waals surface area contributed by atoms with Crippen molar-refractivity contribution >= 4 is 23.4 Å². The largest absolute Gasteiger partial charge is 0.398 e. The number of anilines is 1. The quantitative estimate of drug-likeness (QED) is 0.678. The van der Waals surface area contributed by atoms with E-state index in [-0.39, 0.29) is 5.91 Å². The van der Waals surface area contributed by atoms with Gasteiger partial charge in [0.1, 0.15) is 0 Å². The number of hydrogen-bond donors (Lipinski definition) is 1. The molecule has 0 atom stereocenters. The van der Waals surface area contributed by atoms with E-state index in [1.807, 2.05) is 32.2 Å². The number of allylic oxidation sites excluding steroid dienone is 2. The van der Waals surface area contributed by atoms with Gasteiger partial charge in [-0.05, 0) is 43.9 Å². The Balaban J connectivity index is 1.92. The standard InChI is InChI=1S/C15H20N2OS/c1-11-7-8-14(13(16)9-11)19-10-15(18)17(2)12-5-3-4-6-12/h5,7-9H,3-4,6,10,16H2,1-2H3. The van der Waals surface area contributed by atoms with Crippen LogP contribution in [0.4, 0.5) is 5.69 Å². The summed E-state index contributed by atoms with van der Waals surface area (Å²) in [6.45, 7) is 2.01. The van der Waals surface area contributed by atoms with E-state index in [4.69, 9.17) is 5.73 Å². The molecule has 2 rings (SSSR count). The van der Waals surface area contributed by atoms with Gasteiger partial charge in [-0.2, -0.15) is 0 Å². The molecule has 4 heteroatoms. The molecule has 0 saturated heterocycles. The molecule has 0 bridgehead atoms. The van der Waals surface area contributed by atoms with Crippen LogP contribution in [0.3, 0.4) is 0 Å². The topological polar surface area (TPSA) is 46.3 Å². The monoisotopic (exact) mass is 276 g/mol. The number of rotatable bonds is 4. The number of benzene rings is 1. The molecule has 1 aromatic carbocycles. The third-order valence-corrected chi connectivity index (χ3v) is 4.41. The fourth-order valence-electron chi connectivity index (χ4n) is 2.15. The highest BCUT2D eigenvalue weighted by Gasteiger charge is 2.16. The van der Waals surface area contributed by atoms with Crippen molar-refractivity contribution in [2.24, 2.45) is 0 Å². The van der Waals surface area contributed by atoms with Gasteiger partial charge in [0, 0.05) is 23.3 Å². The third-order valence-electron chi connectivity index (χ3n) is 3.34. The van der Waals surface area contributed by atoms with Crippen molar-refractivity contribution in [1.29, 1.82) is 0 Å². The second-order valence-corrected chi connectivity index (χ2v) is 5.89. The summed E-state index contributed by atoms with van der Waals surface area (Å²) in [6.07, 6.45) is 5.42. The third kappa shape index (κ3) is 3.53. The van der Waals surface area contributed by atoms with Gasteiger partial charge >= 0.3 is 0 Å². The molecule has 102 valence electrons. The maximum atomic E-state index is 12.1. The molecule has 0 heterocycles. The normalized spacial score (nSPS) is 14.3. The molecule has 0 unspecified atom stereocenters. The molecule has 1 aliphatic carbocycles. The maximum absolute atomic E-state index is 12.1. The maximum Gasteiger partial charge on any atom is 0.236 e. The first-order valence-corrected chi connectivity index (χ1v) is 7.51. The highest BCUT2D eigenvalue weighted by Crippen LogP contribution is 2.27. The van der Waals surface area contributed by atoms with E-state index in [1.54, 1.807) is 4.90 Å². The summed E-state index contributed by atoms with van der Waals surface area (Å²) in [5.41, 5.74) is 8.99. The minimum atomic E-state index is 0.137. The number of carbonyl (C=O) groups excluding carboxylic acids is 1. The number of amides is 1. The van der Waals surface area contributed by atoms with Gasteiger partial charge in [0.15, 0.2) is 0 Å². The van der Waals surface area contributed by atoms with Crippen LogP contribution in [-0.2, 0) is 4.79 Å². The van der Waals surface area contributed by atoms with Gasteiger partial charge in [0.25, 0.3) is 0 Å². The van der Waals surface area contributed by atoms with Gasteiger partial charge in [0.2, 0.25) is 5.91 Å². The second kappa shape index (κ2) is 6.15. The molecule has 19 heavy (non-hydrogen) atoms. The Kier molecular flexibility index (Phi) is 4.53. The minimum Gasteiger partial charge on any atom is -0.398 e. The molecule has 0 aliphatic heterocycles. The average Bonchev–Trinajstić information content (AvgIpc) is 2.90. The molecular weight excluding hydrogens is 256 g/mol. The fourth-order valence-corrected chi connectivity index (χ4v) is 3.02. The van der Waals surface area contributed by atoms with E-state index in [1.165, 1.54) is 11.8 Å². The molecule has 0 radical (unpaired) electrons. The molecule has 2 N–H and O–H groups in total. The lowest BCUT2D eigenvalue weighted by Crippen LogP contribution is -2.27. The summed E-state index contributed by atoms with van der Waals surface area (Å²) in [6, 6.07) is 5.94. The van der Waals surface area contributed by atoms with Crippen LogP contribution in [0.25, 0.3) is 0 Å². The van der Waals surface area contributed by atoms with E-state index in [0.29, 0.717) is 5.75 Å². The number of aryl methyl sites for hydroxylation is 1. The van der Waals surface area contributed by atoms with Crippen molar-refractivity contribution in [3.8, 4) is 0 Å². The first kappa shape index (κ1) is 14.0. The first-order chi connectivity index (χ1) is 9.08. The lowest BCUT2D eigenvalue weighted by atomic mass is 10.2. The van der Waals surface area contributed by atoms with E-state index in [9.17, 15) is 4.79 Å². The van der Waals surface area contributed by atoms with E-state index < -0.39 is 0 Å². The summed E-state index contributed by atoms with van der Waals surface area (Å²) < 4.78 is 0. The predicted octanol–water partition coefficient (Wildman–Crippen LogP) is 3.20. The predicted molar refractivity (Wildman–Crippen MR) is 81.0 cm³/mol. The summed E-state index contributed by atoms with van der Waals surface area (Å²) in [5, 5.41) is 0. The van der Waals surface area contributed by atoms with Crippen molar-refractivity contribution in [3.63, 3.8) is 0 Å². The van der Waals surface area contributed by atoms with Crippen LogP contribution in [0.15, 0.2) is 34.9 Å². The lowest BCUT2D eigenvalue weighted by Gasteiger charge is -2.18. The Labute approximate surface area is 118 Å². The zero-order valence-electron chi connectivity index (χ0n) is 11.5. The SMILES string of the molecule is Cc1ccc(SCC(=O)N(C)C2=CCCC2)c(N)c1. The van der Waals surface area contributed by atoms with Crippen molar-refractivity contribution in [2.45, 2.75) is 31.1 Å². The van der Waals surface area contributed by atoms with Gasteiger partial charge in [-0.25, -0.2) is 0 Å². The summed E-state index contributed by atoms with van der Waals surface area (Å²) >= 11 is 1.51. The summed E-state index contributed by atoms with van der Waals surface area (Å²) in [7, 11) is 1.86. The van der Waals surface area contributed by atoms with Gasteiger partial charge < -0.3 is 10.6 Å². The number of carbonyl (C=O) groups is 1. The molecular formula is C15H20N2OS. The molecule has 1 aromatic rings. The molecule has 0 fully saturated rings. The Morgan fingerprint density at radius 1 is 1.47 bits per heavy atom. The van der Waals surface area contributed by atoms with Gasteiger partial charge in [0.05, 0.1) is 5.75 Å². The van der Waals surface area contributed by atoms with E-state index in [2.05, 4.69) is 6.08 Å². The van der Waals surface area contributed by atoms with Crippen LogP contribution in [0, 0.1) is 6.92 Å². The number of thioether (sulfide) groups is 1. The van der Waals surface area contributed by atoms with Crippen LogP contribution in [0.5, 0.6) is 0 Å². The van der Waals surface area contributed by atoms with Crippen molar-refractivity contribution in [1.82, 2.24) is 4.90 Å². The Morgan fingerprint density at radius 2 is 2.26 bits per heavy atom. The molecule has 3 nitrogen and oxygen atoms in total. The zero-order valence-corrected chi connectivity index (χ0v) is 12.3. The van der Waals surface area contributed by atoms with Crippen LogP contribution < -0.4 is 5.73 Å². The summed E-state index contributed by atoms with van der Waals surface area (Å²) in [4.78, 5) is 14.9. The molecule has 0 saturated carbocycles. The van der Waals surface area contributed by atoms with Crippen LogP contribution >= 0.6 is 11.8 Å². The van der Waals surface area contributed by atoms with Gasteiger partial charge in [-0.3, -0.25) is 4.79 Å². The highest BCUT2D eigenvalue weighted by molar-refractivity contribution is 8.00. The number of hydrogen-bond acceptors (Lipinski definition) is 3. The molecule has 1 amide bonds. The Hall–Kier alpha value is -1.42. The average molecular weight is 276 g/mol. The molecule has 1 aliphatic rings. The van der Waals surface area contributed by atoms with Gasteiger partial charge in [-0.15, -0.1) is 11.8 Å². The van der Waals surface area contributed by atoms with Crippen LogP contribution in [0.2, 0.25) is 0 Å². The second-order valence-electron chi connectivity index (χ2n) is 4.87. The van der Waals surface area contributed by atoms with Crippen molar-refractivity contribution < 1.29 is 4.79 Å². The van der Waals surface area contributed by atoms with Crippen molar-refractivity contribution in [2.75, 3.05) is 18.5 Å².